The monoisotopic (exact) mass is 430 g/mol. The van der Waals surface area contributed by atoms with E-state index in [-0.39, 0.29) is 0 Å². The van der Waals surface area contributed by atoms with Crippen molar-refractivity contribution >= 4 is 22.7 Å². The van der Waals surface area contributed by atoms with Gasteiger partial charge in [-0.05, 0) is 55.7 Å². The van der Waals surface area contributed by atoms with Crippen molar-refractivity contribution in [3.8, 4) is 5.69 Å². The van der Waals surface area contributed by atoms with E-state index in [1.807, 2.05) is 41.1 Å². The fourth-order valence-corrected chi connectivity index (χ4v) is 5.95. The Bertz CT molecular complexity index is 1150. The summed E-state index contributed by atoms with van der Waals surface area (Å²) in [6, 6.07) is 12.1. The molecule has 1 aromatic carbocycles. The van der Waals surface area contributed by atoms with E-state index in [2.05, 4.69) is 4.90 Å². The van der Waals surface area contributed by atoms with Crippen LogP contribution in [0.4, 0.5) is 5.69 Å². The number of carbonyl (C=O) groups is 1. The van der Waals surface area contributed by atoms with E-state index in [0.717, 1.165) is 53.0 Å². The molecule has 0 amide bonds. The van der Waals surface area contributed by atoms with Crippen molar-refractivity contribution in [3.63, 3.8) is 0 Å². The molecule has 166 valence electrons. The topological polar surface area (TPSA) is 60.2 Å². The lowest BCUT2D eigenvalue weighted by atomic mass is 9.81. The van der Waals surface area contributed by atoms with Gasteiger partial charge in [-0.3, -0.25) is 0 Å². The van der Waals surface area contributed by atoms with Gasteiger partial charge in [0.25, 0.3) is 0 Å². The fraction of sp³-hybridized carbons (Fsp3) is 0.500. The molecule has 6 heteroatoms. The normalized spacial score (nSPS) is 23.2. The van der Waals surface area contributed by atoms with Gasteiger partial charge in [0.15, 0.2) is 11.3 Å². The highest BCUT2D eigenvalue weighted by molar-refractivity contribution is 5.99. The number of anilines is 1. The molecule has 0 bridgehead atoms. The minimum absolute atomic E-state index is 0.362. The molecule has 0 spiro atoms. The van der Waals surface area contributed by atoms with Gasteiger partial charge in [0.1, 0.15) is 0 Å². The van der Waals surface area contributed by atoms with Crippen molar-refractivity contribution in [2.45, 2.75) is 50.9 Å². The Hall–Kier alpha value is -2.89. The molecule has 6 rings (SSSR count). The van der Waals surface area contributed by atoms with Gasteiger partial charge in [-0.2, -0.15) is 5.10 Å². The number of ether oxygens (including phenoxy) is 1. The van der Waals surface area contributed by atoms with Crippen LogP contribution >= 0.6 is 0 Å². The van der Waals surface area contributed by atoms with Crippen LogP contribution in [0.3, 0.4) is 0 Å². The number of pyridine rings is 1. The molecule has 2 saturated carbocycles. The Labute approximate surface area is 188 Å². The third-order valence-electron chi connectivity index (χ3n) is 7.91. The van der Waals surface area contributed by atoms with Crippen molar-refractivity contribution in [2.75, 3.05) is 25.1 Å². The summed E-state index contributed by atoms with van der Waals surface area (Å²) in [6.07, 6.45) is 8.86. The number of hydrogen-bond donors (Lipinski definition) is 0. The first kappa shape index (κ1) is 19.8. The zero-order valence-corrected chi connectivity index (χ0v) is 18.7. The number of hydrogen-bond acceptors (Lipinski definition) is 5. The molecule has 0 N–H and O–H groups in total. The van der Waals surface area contributed by atoms with E-state index in [9.17, 15) is 4.79 Å². The highest BCUT2D eigenvalue weighted by Gasteiger charge is 2.36. The van der Waals surface area contributed by atoms with E-state index in [1.54, 1.807) is 0 Å². The van der Waals surface area contributed by atoms with E-state index in [4.69, 9.17) is 14.8 Å². The largest absolute Gasteiger partial charge is 0.464 e. The van der Waals surface area contributed by atoms with Gasteiger partial charge >= 0.3 is 5.97 Å². The van der Waals surface area contributed by atoms with Crippen LogP contribution in [-0.2, 0) is 4.74 Å². The minimum atomic E-state index is -0.394. The van der Waals surface area contributed by atoms with Crippen LogP contribution in [0.25, 0.3) is 16.7 Å². The van der Waals surface area contributed by atoms with Crippen molar-refractivity contribution in [2.24, 2.45) is 11.8 Å². The number of nitrogens with zero attached hydrogens (tertiary/aromatic N) is 4. The molecule has 3 heterocycles. The summed E-state index contributed by atoms with van der Waals surface area (Å²) in [5, 5.41) is 6.23. The quantitative estimate of drug-likeness (QED) is 0.539. The molecule has 3 aliphatic rings. The summed E-state index contributed by atoms with van der Waals surface area (Å²) in [7, 11) is 1.42. The second-order valence-electron chi connectivity index (χ2n) is 9.66. The second-order valence-corrected chi connectivity index (χ2v) is 9.66. The van der Waals surface area contributed by atoms with E-state index >= 15 is 0 Å². The number of piperidine rings is 1. The van der Waals surface area contributed by atoms with Crippen LogP contribution in [0.5, 0.6) is 0 Å². The van der Waals surface area contributed by atoms with Crippen molar-refractivity contribution < 1.29 is 9.53 Å². The SMILES string of the molecule is COC(=O)c1cc(N2CCC3CCCC3C2)c2c(C3CCC3)nn(-c3ccccc3)c2n1. The van der Waals surface area contributed by atoms with Crippen molar-refractivity contribution in [1.29, 1.82) is 0 Å². The Morgan fingerprint density at radius 3 is 2.56 bits per heavy atom. The number of esters is 1. The lowest BCUT2D eigenvalue weighted by Gasteiger charge is -2.37. The van der Waals surface area contributed by atoms with Gasteiger partial charge in [0.05, 0.1) is 29.6 Å². The lowest BCUT2D eigenvalue weighted by Crippen LogP contribution is -2.38. The molecule has 2 unspecified atom stereocenters. The van der Waals surface area contributed by atoms with Crippen molar-refractivity contribution in [1.82, 2.24) is 14.8 Å². The first-order valence-electron chi connectivity index (χ1n) is 12.1. The summed E-state index contributed by atoms with van der Waals surface area (Å²) < 4.78 is 7.01. The minimum Gasteiger partial charge on any atom is -0.464 e. The van der Waals surface area contributed by atoms with E-state index in [0.29, 0.717) is 11.6 Å². The van der Waals surface area contributed by atoms with Crippen LogP contribution in [0.15, 0.2) is 36.4 Å². The Balaban J connectivity index is 1.56. The molecule has 0 radical (unpaired) electrons. The highest BCUT2D eigenvalue weighted by Crippen LogP contribution is 2.45. The fourth-order valence-electron chi connectivity index (χ4n) is 5.95. The number of rotatable bonds is 4. The molecule has 2 aliphatic carbocycles. The summed E-state index contributed by atoms with van der Waals surface area (Å²) in [4.78, 5) is 19.9. The lowest BCUT2D eigenvalue weighted by molar-refractivity contribution is 0.0594. The van der Waals surface area contributed by atoms with Gasteiger partial charge in [-0.15, -0.1) is 0 Å². The maximum Gasteiger partial charge on any atom is 0.356 e. The number of aromatic nitrogens is 3. The second kappa shape index (κ2) is 7.91. The summed E-state index contributed by atoms with van der Waals surface area (Å²) in [6.45, 7) is 2.09. The van der Waals surface area contributed by atoms with Crippen LogP contribution in [0.1, 0.15) is 67.0 Å². The average Bonchev–Trinajstić information content (AvgIpc) is 3.42. The molecule has 3 fully saturated rings. The molecule has 3 aromatic rings. The Kier molecular flexibility index (Phi) is 4.89. The van der Waals surface area contributed by atoms with Crippen LogP contribution in [-0.4, -0.2) is 40.9 Å². The number of benzene rings is 1. The average molecular weight is 431 g/mol. The molecule has 1 aliphatic heterocycles. The number of para-hydroxylation sites is 1. The predicted octanol–water partition coefficient (Wildman–Crippen LogP) is 5.10. The number of fused-ring (bicyclic) bond motifs is 2. The van der Waals surface area contributed by atoms with Crippen LogP contribution < -0.4 is 4.90 Å². The number of carbonyl (C=O) groups excluding carboxylic acids is 1. The van der Waals surface area contributed by atoms with Gasteiger partial charge in [0, 0.05) is 19.0 Å². The molecule has 2 atom stereocenters. The van der Waals surface area contributed by atoms with Crippen LogP contribution in [0, 0.1) is 11.8 Å². The Morgan fingerprint density at radius 1 is 1.03 bits per heavy atom. The van der Waals surface area contributed by atoms with E-state index in [1.165, 1.54) is 52.1 Å². The number of methoxy groups -OCH3 is 1. The molecule has 2 aromatic heterocycles. The third-order valence-corrected chi connectivity index (χ3v) is 7.91. The summed E-state index contributed by atoms with van der Waals surface area (Å²) >= 11 is 0. The van der Waals surface area contributed by atoms with E-state index < -0.39 is 5.97 Å². The third kappa shape index (κ3) is 3.19. The molecule has 6 nitrogen and oxygen atoms in total. The maximum atomic E-state index is 12.6. The Morgan fingerprint density at radius 2 is 1.81 bits per heavy atom. The zero-order valence-electron chi connectivity index (χ0n) is 18.7. The summed E-state index contributed by atoms with van der Waals surface area (Å²) in [5.74, 6) is 1.69. The standard InChI is InChI=1S/C26H30N4O2/c1-32-26(31)21-15-22(29-14-13-17-7-5-10-19(17)16-29)23-24(18-8-6-9-18)28-30(25(23)27-21)20-11-3-2-4-12-20/h2-4,11-12,15,17-19H,5-10,13-14,16H2,1H3. The molecule has 32 heavy (non-hydrogen) atoms. The molecular formula is C26H30N4O2. The first-order valence-corrected chi connectivity index (χ1v) is 12.1. The molecular weight excluding hydrogens is 400 g/mol. The van der Waals surface area contributed by atoms with Gasteiger partial charge in [-0.1, -0.05) is 37.5 Å². The van der Waals surface area contributed by atoms with Crippen molar-refractivity contribution in [3.05, 3.63) is 47.8 Å². The smallest absolute Gasteiger partial charge is 0.356 e. The highest BCUT2D eigenvalue weighted by atomic mass is 16.5. The van der Waals surface area contributed by atoms with Gasteiger partial charge < -0.3 is 9.64 Å². The predicted molar refractivity (Wildman–Crippen MR) is 124 cm³/mol. The van der Waals surface area contributed by atoms with Crippen LogP contribution in [0.2, 0.25) is 0 Å². The first-order chi connectivity index (χ1) is 15.7. The maximum absolute atomic E-state index is 12.6. The summed E-state index contributed by atoms with van der Waals surface area (Å²) in [5.41, 5.74) is 4.36. The van der Waals surface area contributed by atoms with Gasteiger partial charge in [-0.25, -0.2) is 14.5 Å². The molecule has 1 saturated heterocycles. The zero-order chi connectivity index (χ0) is 21.7. The van der Waals surface area contributed by atoms with Gasteiger partial charge in [0.2, 0.25) is 0 Å².